The standard InChI is InChI=1S/C12H20O/c1-9(2)7-10(3)8-11(13)12(4,5)6/h7-8H,1-6H3. The lowest BCUT2D eigenvalue weighted by Crippen LogP contribution is -2.17. The number of rotatable bonds is 2. The smallest absolute Gasteiger partial charge is 0.161 e. The Morgan fingerprint density at radius 2 is 1.46 bits per heavy atom. The van der Waals surface area contributed by atoms with Crippen molar-refractivity contribution in [3.05, 3.63) is 23.3 Å². The lowest BCUT2D eigenvalue weighted by atomic mass is 9.89. The highest BCUT2D eigenvalue weighted by atomic mass is 16.1. The summed E-state index contributed by atoms with van der Waals surface area (Å²) in [6.07, 6.45) is 3.73. The number of carbonyl (C=O) groups is 1. The highest BCUT2D eigenvalue weighted by Gasteiger charge is 2.18. The Hall–Kier alpha value is -0.850. The van der Waals surface area contributed by atoms with E-state index in [1.165, 1.54) is 5.57 Å². The molecule has 0 bridgehead atoms. The fourth-order valence-corrected chi connectivity index (χ4v) is 0.920. The molecule has 0 aliphatic rings. The van der Waals surface area contributed by atoms with Crippen LogP contribution in [0.15, 0.2) is 23.3 Å². The third-order valence-corrected chi connectivity index (χ3v) is 1.61. The summed E-state index contributed by atoms with van der Waals surface area (Å²) in [7, 11) is 0. The minimum atomic E-state index is -0.267. The van der Waals surface area contributed by atoms with Crippen molar-refractivity contribution in [1.82, 2.24) is 0 Å². The normalized spacial score (nSPS) is 12.6. The van der Waals surface area contributed by atoms with E-state index in [-0.39, 0.29) is 11.2 Å². The molecule has 0 aliphatic carbocycles. The maximum atomic E-state index is 11.6. The van der Waals surface area contributed by atoms with Crippen molar-refractivity contribution >= 4 is 5.78 Å². The van der Waals surface area contributed by atoms with Gasteiger partial charge < -0.3 is 0 Å². The van der Waals surface area contributed by atoms with Crippen molar-refractivity contribution in [2.45, 2.75) is 41.5 Å². The van der Waals surface area contributed by atoms with E-state index in [4.69, 9.17) is 0 Å². The zero-order chi connectivity index (χ0) is 10.6. The molecule has 0 spiro atoms. The molecule has 0 amide bonds. The van der Waals surface area contributed by atoms with Gasteiger partial charge in [-0.1, -0.05) is 32.4 Å². The van der Waals surface area contributed by atoms with Crippen LogP contribution >= 0.6 is 0 Å². The second-order valence-corrected chi connectivity index (χ2v) is 4.72. The Balaban J connectivity index is 4.60. The first-order chi connectivity index (χ1) is 5.73. The number of hydrogen-bond acceptors (Lipinski definition) is 1. The number of allylic oxidation sites excluding steroid dienone is 4. The zero-order valence-corrected chi connectivity index (χ0v) is 9.56. The Morgan fingerprint density at radius 3 is 1.77 bits per heavy atom. The Bertz CT molecular complexity index is 245. The average Bonchev–Trinajstić information content (AvgIpc) is 1.82. The highest BCUT2D eigenvalue weighted by molar-refractivity contribution is 5.94. The first kappa shape index (κ1) is 12.2. The first-order valence-corrected chi connectivity index (χ1v) is 4.61. The van der Waals surface area contributed by atoms with Crippen LogP contribution in [0.25, 0.3) is 0 Å². The monoisotopic (exact) mass is 180 g/mol. The third-order valence-electron chi connectivity index (χ3n) is 1.61. The van der Waals surface area contributed by atoms with Crippen LogP contribution in [0.2, 0.25) is 0 Å². The van der Waals surface area contributed by atoms with E-state index >= 15 is 0 Å². The predicted molar refractivity (Wildman–Crippen MR) is 57.7 cm³/mol. The van der Waals surface area contributed by atoms with E-state index in [2.05, 4.69) is 0 Å². The van der Waals surface area contributed by atoms with Gasteiger partial charge in [0, 0.05) is 5.41 Å². The zero-order valence-electron chi connectivity index (χ0n) is 9.56. The van der Waals surface area contributed by atoms with Crippen LogP contribution in [0.3, 0.4) is 0 Å². The molecule has 1 nitrogen and oxygen atoms in total. The molecule has 0 radical (unpaired) electrons. The highest BCUT2D eigenvalue weighted by Crippen LogP contribution is 2.16. The van der Waals surface area contributed by atoms with E-state index in [0.717, 1.165) is 5.57 Å². The number of ketones is 1. The SMILES string of the molecule is CC(C)=CC(C)=CC(=O)C(C)(C)C. The quantitative estimate of drug-likeness (QED) is 0.469. The van der Waals surface area contributed by atoms with Crippen molar-refractivity contribution in [3.63, 3.8) is 0 Å². The lowest BCUT2D eigenvalue weighted by molar-refractivity contribution is -0.121. The van der Waals surface area contributed by atoms with Gasteiger partial charge in [-0.15, -0.1) is 0 Å². The molecule has 0 fully saturated rings. The number of carbonyl (C=O) groups excluding carboxylic acids is 1. The van der Waals surface area contributed by atoms with Gasteiger partial charge >= 0.3 is 0 Å². The van der Waals surface area contributed by atoms with Gasteiger partial charge in [0.15, 0.2) is 5.78 Å². The van der Waals surface area contributed by atoms with Crippen LogP contribution < -0.4 is 0 Å². The van der Waals surface area contributed by atoms with Crippen LogP contribution in [-0.4, -0.2) is 5.78 Å². The first-order valence-electron chi connectivity index (χ1n) is 4.61. The Kier molecular flexibility index (Phi) is 4.12. The van der Waals surface area contributed by atoms with Crippen molar-refractivity contribution in [2.75, 3.05) is 0 Å². The molecule has 0 aromatic heterocycles. The largest absolute Gasteiger partial charge is 0.294 e. The summed E-state index contributed by atoms with van der Waals surface area (Å²) >= 11 is 0. The predicted octanol–water partition coefficient (Wildman–Crippen LogP) is 3.51. The van der Waals surface area contributed by atoms with Gasteiger partial charge in [0.1, 0.15) is 0 Å². The van der Waals surface area contributed by atoms with Crippen LogP contribution in [0.5, 0.6) is 0 Å². The van der Waals surface area contributed by atoms with Crippen molar-refractivity contribution in [3.8, 4) is 0 Å². The van der Waals surface area contributed by atoms with Gasteiger partial charge in [0.25, 0.3) is 0 Å². The van der Waals surface area contributed by atoms with Crippen molar-refractivity contribution in [2.24, 2.45) is 5.41 Å². The second-order valence-electron chi connectivity index (χ2n) is 4.72. The fourth-order valence-electron chi connectivity index (χ4n) is 0.920. The topological polar surface area (TPSA) is 17.1 Å². The van der Waals surface area contributed by atoms with Crippen LogP contribution in [0.1, 0.15) is 41.5 Å². The molecule has 0 unspecified atom stereocenters. The molecule has 74 valence electrons. The summed E-state index contributed by atoms with van der Waals surface area (Å²) < 4.78 is 0. The van der Waals surface area contributed by atoms with Crippen molar-refractivity contribution < 1.29 is 4.79 Å². The molecule has 0 saturated heterocycles. The van der Waals surface area contributed by atoms with Gasteiger partial charge in [0.05, 0.1) is 0 Å². The molecule has 0 aliphatic heterocycles. The Labute approximate surface area is 81.5 Å². The van der Waals surface area contributed by atoms with Crippen LogP contribution in [0.4, 0.5) is 0 Å². The molecule has 0 atom stereocenters. The molecule has 1 heteroatoms. The third kappa shape index (κ3) is 5.40. The minimum Gasteiger partial charge on any atom is -0.294 e. The summed E-state index contributed by atoms with van der Waals surface area (Å²) in [5, 5.41) is 0. The van der Waals surface area contributed by atoms with Crippen LogP contribution in [-0.2, 0) is 4.79 Å². The van der Waals surface area contributed by atoms with Gasteiger partial charge in [-0.05, 0) is 32.4 Å². The molecular formula is C12H20O. The van der Waals surface area contributed by atoms with Gasteiger partial charge in [-0.25, -0.2) is 0 Å². The molecule has 13 heavy (non-hydrogen) atoms. The maximum Gasteiger partial charge on any atom is 0.161 e. The summed E-state index contributed by atoms with van der Waals surface area (Å²) in [6, 6.07) is 0. The van der Waals surface area contributed by atoms with E-state index in [1.54, 1.807) is 6.08 Å². The molecule has 0 aromatic rings. The maximum absolute atomic E-state index is 11.6. The molecule has 0 aromatic carbocycles. The van der Waals surface area contributed by atoms with Gasteiger partial charge in [-0.2, -0.15) is 0 Å². The minimum absolute atomic E-state index is 0.183. The summed E-state index contributed by atoms with van der Waals surface area (Å²) in [5.74, 6) is 0.183. The van der Waals surface area contributed by atoms with E-state index in [0.29, 0.717) is 0 Å². The molecule has 0 saturated carbocycles. The molecular weight excluding hydrogens is 160 g/mol. The fraction of sp³-hybridized carbons (Fsp3) is 0.583. The average molecular weight is 180 g/mol. The van der Waals surface area contributed by atoms with E-state index < -0.39 is 0 Å². The van der Waals surface area contributed by atoms with E-state index in [1.807, 2.05) is 47.6 Å². The van der Waals surface area contributed by atoms with Gasteiger partial charge in [-0.3, -0.25) is 4.79 Å². The molecule has 0 N–H and O–H groups in total. The summed E-state index contributed by atoms with van der Waals surface area (Å²) in [6.45, 7) is 11.8. The van der Waals surface area contributed by atoms with E-state index in [9.17, 15) is 4.79 Å². The lowest BCUT2D eigenvalue weighted by Gasteiger charge is -2.13. The summed E-state index contributed by atoms with van der Waals surface area (Å²) in [4.78, 5) is 11.6. The summed E-state index contributed by atoms with van der Waals surface area (Å²) in [5.41, 5.74) is 1.98. The molecule has 0 rings (SSSR count). The molecule has 0 heterocycles. The second kappa shape index (κ2) is 4.40. The number of hydrogen-bond donors (Lipinski definition) is 0. The van der Waals surface area contributed by atoms with Crippen molar-refractivity contribution in [1.29, 1.82) is 0 Å². The van der Waals surface area contributed by atoms with Crippen LogP contribution in [0, 0.1) is 5.41 Å². The Morgan fingerprint density at radius 1 is 1.00 bits per heavy atom. The van der Waals surface area contributed by atoms with Gasteiger partial charge in [0.2, 0.25) is 0 Å².